The van der Waals surface area contributed by atoms with Gasteiger partial charge in [-0.25, -0.2) is 17.9 Å². The van der Waals surface area contributed by atoms with Crippen LogP contribution < -0.4 is 37.0 Å². The van der Waals surface area contributed by atoms with E-state index in [0.717, 1.165) is 5.56 Å². The second-order valence-electron chi connectivity index (χ2n) is 24.2. The molecule has 1 aliphatic heterocycles. The van der Waals surface area contributed by atoms with Crippen LogP contribution in [0.5, 0.6) is 0 Å². The number of unbranched alkanes of at least 4 members (excludes halogenated alkanes) is 2. The van der Waals surface area contributed by atoms with E-state index in [1.807, 2.05) is 97.8 Å². The number of primary amides is 1. The van der Waals surface area contributed by atoms with Gasteiger partial charge in [-0.3, -0.25) is 38.5 Å². The highest BCUT2D eigenvalue weighted by Crippen LogP contribution is 2.45. The zero-order valence-corrected chi connectivity index (χ0v) is 50.5. The van der Waals surface area contributed by atoms with Crippen molar-refractivity contribution in [1.82, 2.24) is 46.0 Å². The van der Waals surface area contributed by atoms with Crippen LogP contribution in [0.4, 0.5) is 4.79 Å². The van der Waals surface area contributed by atoms with Gasteiger partial charge in [-0.15, -0.1) is 0 Å². The summed E-state index contributed by atoms with van der Waals surface area (Å²) >= 11 is 0. The molecular formula is C59H90N10O11S. The summed E-state index contributed by atoms with van der Waals surface area (Å²) in [7, 11) is 0.996. The van der Waals surface area contributed by atoms with Gasteiger partial charge < -0.3 is 47.2 Å². The van der Waals surface area contributed by atoms with E-state index < -0.39 is 92.3 Å². The van der Waals surface area contributed by atoms with Gasteiger partial charge in [0.15, 0.2) is 0 Å². The summed E-state index contributed by atoms with van der Waals surface area (Å²) in [5, 5.41) is 24.1. The summed E-state index contributed by atoms with van der Waals surface area (Å²) < 4.78 is 29.2. The van der Waals surface area contributed by atoms with Gasteiger partial charge >= 0.3 is 6.03 Å². The smallest absolute Gasteiger partial charge is 0.312 e. The highest BCUT2D eigenvalue weighted by molar-refractivity contribution is 7.89. The Kier molecular flexibility index (Phi) is 23.8. The van der Waals surface area contributed by atoms with Gasteiger partial charge in [0.25, 0.3) is 5.91 Å². The molecule has 0 saturated heterocycles. The lowest BCUT2D eigenvalue weighted by Gasteiger charge is -2.41. The average Bonchev–Trinajstić information content (AvgIpc) is 4.21. The summed E-state index contributed by atoms with van der Waals surface area (Å²) in [5.74, 6) is -4.42. The first-order chi connectivity index (χ1) is 37.7. The van der Waals surface area contributed by atoms with Crippen molar-refractivity contribution >= 4 is 57.4 Å². The normalized spacial score (nSPS) is 17.2. The number of benzene rings is 2. The van der Waals surface area contributed by atoms with Crippen LogP contribution >= 0.6 is 0 Å². The molecule has 9 N–H and O–H groups in total. The number of aliphatic hydroxyl groups is 1. The van der Waals surface area contributed by atoms with Crippen LogP contribution in [0.15, 0.2) is 78.4 Å². The Bertz CT molecular complexity index is 2720. The number of nitrogens with two attached hydrogens (primary N) is 1. The average molecular weight is 1150 g/mol. The fraction of sp³-hybridized carbons (Fsp3) is 0.593. The Morgan fingerprint density at radius 1 is 0.827 bits per heavy atom. The fourth-order valence-corrected chi connectivity index (χ4v) is 11.3. The number of sulfonamides is 1. The van der Waals surface area contributed by atoms with E-state index in [4.69, 9.17) is 5.73 Å². The van der Waals surface area contributed by atoms with Gasteiger partial charge in [-0.05, 0) is 99.6 Å². The molecule has 1 unspecified atom stereocenters. The zero-order chi connectivity index (χ0) is 60.8. The maximum Gasteiger partial charge on any atom is 0.312 e. The molecule has 2 aliphatic rings. The van der Waals surface area contributed by atoms with Gasteiger partial charge in [-0.2, -0.15) is 0 Å². The number of hydrogen-bond donors (Lipinski definition) is 8. The summed E-state index contributed by atoms with van der Waals surface area (Å²) in [6.45, 7) is 18.8. The molecule has 21 nitrogen and oxygen atoms in total. The summed E-state index contributed by atoms with van der Waals surface area (Å²) in [5.41, 5.74) is 5.13. The van der Waals surface area contributed by atoms with Crippen LogP contribution in [-0.2, 0) is 60.3 Å². The molecule has 9 amide bonds. The van der Waals surface area contributed by atoms with Gasteiger partial charge in [0.2, 0.25) is 45.5 Å². The molecule has 1 saturated carbocycles. The van der Waals surface area contributed by atoms with E-state index >= 15 is 0 Å². The molecule has 0 spiro atoms. The lowest BCUT2D eigenvalue weighted by Crippen LogP contribution is -2.61. The predicted octanol–water partition coefficient (Wildman–Crippen LogP) is 3.96. The van der Waals surface area contributed by atoms with E-state index in [9.17, 15) is 51.9 Å². The molecule has 0 bridgehead atoms. The number of amides is 9. The number of urea groups is 1. The number of nitrogens with zero attached hydrogens (tertiary/aromatic N) is 3. The zero-order valence-electron chi connectivity index (χ0n) is 49.7. The first-order valence-corrected chi connectivity index (χ1v) is 29.6. The highest BCUT2D eigenvalue weighted by atomic mass is 32.2. The van der Waals surface area contributed by atoms with Crippen molar-refractivity contribution in [3.63, 3.8) is 0 Å². The Morgan fingerprint density at radius 2 is 1.46 bits per heavy atom. The molecule has 1 heterocycles. The van der Waals surface area contributed by atoms with Gasteiger partial charge in [-0.1, -0.05) is 129 Å². The molecule has 0 radical (unpaired) electrons. The van der Waals surface area contributed by atoms with Crippen LogP contribution in [0.1, 0.15) is 137 Å². The lowest BCUT2D eigenvalue weighted by molar-refractivity contribution is -0.141. The summed E-state index contributed by atoms with van der Waals surface area (Å²) in [4.78, 5) is 111. The van der Waals surface area contributed by atoms with E-state index in [0.29, 0.717) is 49.8 Å². The second-order valence-corrected chi connectivity index (χ2v) is 25.9. The van der Waals surface area contributed by atoms with Crippen molar-refractivity contribution < 1.29 is 51.9 Å². The van der Waals surface area contributed by atoms with Gasteiger partial charge in [0, 0.05) is 43.6 Å². The Balaban J connectivity index is 1.40. The van der Waals surface area contributed by atoms with Gasteiger partial charge in [0.05, 0.1) is 23.4 Å². The minimum atomic E-state index is -4.25. The van der Waals surface area contributed by atoms with Crippen molar-refractivity contribution in [2.24, 2.45) is 23.0 Å². The van der Waals surface area contributed by atoms with Crippen molar-refractivity contribution in [2.45, 2.75) is 174 Å². The summed E-state index contributed by atoms with van der Waals surface area (Å²) in [6, 6.07) is 11.2. The number of carbonyl (C=O) groups is 8. The number of aliphatic hydroxyl groups excluding tert-OH is 1. The van der Waals surface area contributed by atoms with Crippen LogP contribution in [-0.4, -0.2) is 146 Å². The number of likely N-dealkylation sites (N-methyl/N-ethyl adjacent to an activating group) is 2. The topological polar surface area (TPSA) is 299 Å². The Morgan fingerprint density at radius 3 is 1.99 bits per heavy atom. The van der Waals surface area contributed by atoms with E-state index in [2.05, 4.69) is 31.3 Å². The molecule has 81 heavy (non-hydrogen) atoms. The third kappa shape index (κ3) is 19.2. The SMILES string of the molecule is C/C(=C\[C@H](C(C)C)N(C)C(=O)[C@@H](NC(=O)[C@@H](N(C)C)C(C)(C)c1ccccc1)C(C)(C)C)C(=O)NS(=O)(=O)Cc1ccc(C2(NC(=O)[C@H](CCCNC(N)=O)NC(=O)[C@@H](NC(=O)CCCCCN3C(=O)C=CC3O)C(C)C)CC2)cc1. The Hall–Kier alpha value is -6.65. The minimum absolute atomic E-state index is 0.0623. The van der Waals surface area contributed by atoms with Crippen LogP contribution in [0.2, 0.25) is 0 Å². The number of hydrogen-bond acceptors (Lipinski definition) is 12. The lowest BCUT2D eigenvalue weighted by atomic mass is 9.76. The van der Waals surface area contributed by atoms with Crippen LogP contribution in [0.3, 0.4) is 0 Å². The second kappa shape index (κ2) is 28.9. The largest absolute Gasteiger partial charge is 0.370 e. The first-order valence-electron chi connectivity index (χ1n) is 27.9. The van der Waals surface area contributed by atoms with Crippen LogP contribution in [0, 0.1) is 17.3 Å². The predicted molar refractivity (Wildman–Crippen MR) is 311 cm³/mol. The van der Waals surface area contributed by atoms with E-state index in [1.165, 1.54) is 28.9 Å². The monoisotopic (exact) mass is 1150 g/mol. The molecule has 1 aliphatic carbocycles. The molecule has 6 atom stereocenters. The molecule has 2 aromatic rings. The van der Waals surface area contributed by atoms with E-state index in [-0.39, 0.29) is 66.8 Å². The summed E-state index contributed by atoms with van der Waals surface area (Å²) in [6.07, 6.45) is 6.59. The van der Waals surface area contributed by atoms with E-state index in [1.54, 1.807) is 51.2 Å². The van der Waals surface area contributed by atoms with Crippen molar-refractivity contribution in [2.75, 3.05) is 34.2 Å². The van der Waals surface area contributed by atoms with Crippen LogP contribution in [0.25, 0.3) is 0 Å². The number of rotatable bonds is 30. The maximum atomic E-state index is 14.5. The molecule has 0 aromatic heterocycles. The maximum absolute atomic E-state index is 14.5. The van der Waals surface area contributed by atoms with Gasteiger partial charge in [0.1, 0.15) is 24.4 Å². The standard InChI is InChI=1S/C59H90N10O11S/c1-37(2)44(68(13)55(77)49(57(6,7)8)64-54(76)50(67(11)12)58(9,10)41-21-16-14-17-22-41)35-39(5)51(73)66-81(79,80)36-40-25-27-42(28-26-40)59(31-32-59)65-52(74)43(23-20-33-61-56(60)78)62-53(75)48(38(3)4)63-45(70)24-18-15-19-34-69-46(71)29-30-47(69)72/h14,16-17,21-22,25-30,35,37-38,43-44,46,48-50,71H,15,18-20,23-24,31-34,36H2,1-13H3,(H,62,75)(H,63,70)(H,64,76)(H,65,74)(H,66,73)(H3,60,61,78)/b39-35+/t43-,44+,46?,48-,49+,50+/m0/s1. The number of nitrogens with one attached hydrogen (secondary N) is 6. The fourth-order valence-electron chi connectivity index (χ4n) is 10.2. The Labute approximate surface area is 479 Å². The molecule has 448 valence electrons. The van der Waals surface area contributed by atoms with Crippen molar-refractivity contribution in [3.8, 4) is 0 Å². The molecule has 4 rings (SSSR count). The molecule has 1 fully saturated rings. The minimum Gasteiger partial charge on any atom is -0.370 e. The van der Waals surface area contributed by atoms with Crippen molar-refractivity contribution in [3.05, 3.63) is 95.1 Å². The molecule has 2 aromatic carbocycles. The third-order valence-corrected chi connectivity index (χ3v) is 16.2. The highest BCUT2D eigenvalue weighted by Gasteiger charge is 2.47. The first kappa shape index (κ1) is 66.9. The molecular weight excluding hydrogens is 1060 g/mol. The number of carbonyl (C=O) groups excluding carboxylic acids is 8. The quantitative estimate of drug-likeness (QED) is 0.0408. The molecule has 22 heteroatoms. The third-order valence-electron chi connectivity index (χ3n) is 15.0. The van der Waals surface area contributed by atoms with Crippen molar-refractivity contribution in [1.29, 1.82) is 0 Å².